The molecule has 0 aromatic heterocycles. The number of sulfonamides is 1. The third-order valence-electron chi connectivity index (χ3n) is 3.15. The van der Waals surface area contributed by atoms with Gasteiger partial charge in [0.05, 0.1) is 17.7 Å². The van der Waals surface area contributed by atoms with Gasteiger partial charge in [-0.1, -0.05) is 0 Å². The Labute approximate surface area is 115 Å². The van der Waals surface area contributed by atoms with Crippen molar-refractivity contribution < 1.29 is 27.4 Å². The number of benzene rings is 1. The normalized spacial score (nSPS) is 22.9. The summed E-state index contributed by atoms with van der Waals surface area (Å²) < 4.78 is 45.5. The van der Waals surface area contributed by atoms with E-state index >= 15 is 0 Å². The minimum absolute atomic E-state index is 0.289. The number of carboxylic acids is 1. The lowest BCUT2D eigenvalue weighted by molar-refractivity contribution is 0.0696. The summed E-state index contributed by atoms with van der Waals surface area (Å²) in [6, 6.07) is 2.19. The summed E-state index contributed by atoms with van der Waals surface area (Å²) in [6.45, 7) is 2.14. The Morgan fingerprint density at radius 3 is 2.75 bits per heavy atom. The number of rotatable bonds is 4. The summed E-state index contributed by atoms with van der Waals surface area (Å²) in [5.41, 5.74) is -0.289. The maximum absolute atomic E-state index is 13.7. The van der Waals surface area contributed by atoms with Crippen molar-refractivity contribution in [3.8, 4) is 0 Å². The van der Waals surface area contributed by atoms with E-state index in [4.69, 9.17) is 9.84 Å². The average molecular weight is 303 g/mol. The van der Waals surface area contributed by atoms with Crippen LogP contribution < -0.4 is 4.72 Å². The summed E-state index contributed by atoms with van der Waals surface area (Å²) in [7, 11) is -4.13. The molecule has 2 rings (SSSR count). The van der Waals surface area contributed by atoms with Gasteiger partial charge in [-0.3, -0.25) is 0 Å². The molecule has 0 radical (unpaired) electrons. The first-order valence-electron chi connectivity index (χ1n) is 5.98. The number of hydrogen-bond acceptors (Lipinski definition) is 4. The van der Waals surface area contributed by atoms with Gasteiger partial charge in [-0.2, -0.15) is 0 Å². The molecule has 1 aromatic carbocycles. The van der Waals surface area contributed by atoms with E-state index in [1.54, 1.807) is 6.92 Å². The monoisotopic (exact) mass is 303 g/mol. The maximum Gasteiger partial charge on any atom is 0.335 e. The van der Waals surface area contributed by atoms with Gasteiger partial charge in [-0.05, 0) is 31.5 Å². The zero-order valence-corrected chi connectivity index (χ0v) is 11.5. The fraction of sp³-hybridized carbons (Fsp3) is 0.417. The van der Waals surface area contributed by atoms with Gasteiger partial charge in [0.15, 0.2) is 0 Å². The van der Waals surface area contributed by atoms with Gasteiger partial charge in [0.25, 0.3) is 0 Å². The van der Waals surface area contributed by atoms with Gasteiger partial charge >= 0.3 is 5.97 Å². The number of nitrogens with one attached hydrogen (secondary N) is 1. The Balaban J connectivity index is 2.33. The lowest BCUT2D eigenvalue weighted by atomic mass is 10.2. The largest absolute Gasteiger partial charge is 0.478 e. The molecule has 8 heteroatoms. The number of halogens is 1. The van der Waals surface area contributed by atoms with Crippen LogP contribution in [0.4, 0.5) is 4.39 Å². The van der Waals surface area contributed by atoms with Crippen molar-refractivity contribution in [1.82, 2.24) is 4.72 Å². The van der Waals surface area contributed by atoms with Crippen LogP contribution in [0.1, 0.15) is 23.7 Å². The van der Waals surface area contributed by atoms with Gasteiger partial charge in [-0.15, -0.1) is 0 Å². The van der Waals surface area contributed by atoms with E-state index < -0.39 is 32.7 Å². The molecule has 0 aliphatic carbocycles. The van der Waals surface area contributed by atoms with E-state index in [0.29, 0.717) is 13.0 Å². The Morgan fingerprint density at radius 2 is 2.20 bits per heavy atom. The van der Waals surface area contributed by atoms with Gasteiger partial charge in [0.1, 0.15) is 10.7 Å². The molecule has 0 saturated carbocycles. The molecule has 20 heavy (non-hydrogen) atoms. The fourth-order valence-corrected chi connectivity index (χ4v) is 3.43. The molecule has 0 bridgehead atoms. The predicted octanol–water partition coefficient (Wildman–Crippen LogP) is 0.980. The maximum atomic E-state index is 13.7. The topological polar surface area (TPSA) is 92.7 Å². The van der Waals surface area contributed by atoms with E-state index in [0.717, 1.165) is 18.2 Å². The van der Waals surface area contributed by atoms with E-state index in [-0.39, 0.29) is 11.7 Å². The van der Waals surface area contributed by atoms with Crippen LogP contribution in [0, 0.1) is 5.82 Å². The lowest BCUT2D eigenvalue weighted by Gasteiger charge is -2.16. The highest BCUT2D eigenvalue weighted by Crippen LogP contribution is 2.20. The van der Waals surface area contributed by atoms with Crippen LogP contribution in [0.3, 0.4) is 0 Å². The first-order valence-corrected chi connectivity index (χ1v) is 7.46. The average Bonchev–Trinajstić information content (AvgIpc) is 2.74. The summed E-state index contributed by atoms with van der Waals surface area (Å²) in [5, 5.41) is 8.83. The molecule has 6 nitrogen and oxygen atoms in total. The Morgan fingerprint density at radius 1 is 1.50 bits per heavy atom. The van der Waals surface area contributed by atoms with Crippen molar-refractivity contribution in [1.29, 1.82) is 0 Å². The number of aromatic carboxylic acids is 1. The lowest BCUT2D eigenvalue weighted by Crippen LogP contribution is -2.39. The summed E-state index contributed by atoms with van der Waals surface area (Å²) >= 11 is 0. The van der Waals surface area contributed by atoms with Gasteiger partial charge in [-0.25, -0.2) is 22.3 Å². The molecule has 1 heterocycles. The summed E-state index contributed by atoms with van der Waals surface area (Å²) in [5.74, 6) is -2.31. The molecule has 1 aromatic rings. The van der Waals surface area contributed by atoms with Gasteiger partial charge in [0, 0.05) is 6.61 Å². The SMILES string of the molecule is CC1OCCC1NS(=O)(=O)c1cc(C(=O)O)ccc1F. The Hall–Kier alpha value is -1.51. The van der Waals surface area contributed by atoms with Gasteiger partial charge in [0.2, 0.25) is 10.0 Å². The molecule has 0 spiro atoms. The number of ether oxygens (including phenoxy) is 1. The molecule has 1 saturated heterocycles. The molecule has 1 aliphatic heterocycles. The van der Waals surface area contributed by atoms with Crippen molar-refractivity contribution in [3.63, 3.8) is 0 Å². The fourth-order valence-electron chi connectivity index (χ4n) is 1.99. The van der Waals surface area contributed by atoms with Crippen molar-refractivity contribution >= 4 is 16.0 Å². The number of carboxylic acid groups (broad SMARTS) is 1. The minimum Gasteiger partial charge on any atom is -0.478 e. The van der Waals surface area contributed by atoms with E-state index in [9.17, 15) is 17.6 Å². The zero-order chi connectivity index (χ0) is 14.9. The zero-order valence-electron chi connectivity index (χ0n) is 10.7. The highest BCUT2D eigenvalue weighted by molar-refractivity contribution is 7.89. The van der Waals surface area contributed by atoms with Crippen LogP contribution in [-0.4, -0.2) is 38.2 Å². The van der Waals surface area contributed by atoms with Crippen LogP contribution in [0.2, 0.25) is 0 Å². The quantitative estimate of drug-likeness (QED) is 0.865. The predicted molar refractivity (Wildman–Crippen MR) is 67.5 cm³/mol. The van der Waals surface area contributed by atoms with Crippen LogP contribution in [-0.2, 0) is 14.8 Å². The molecular weight excluding hydrogens is 289 g/mol. The molecule has 2 N–H and O–H groups in total. The molecule has 110 valence electrons. The van der Waals surface area contributed by atoms with Crippen LogP contribution >= 0.6 is 0 Å². The summed E-state index contributed by atoms with van der Waals surface area (Å²) in [6.07, 6.45) is 0.177. The van der Waals surface area contributed by atoms with Crippen LogP contribution in [0.15, 0.2) is 23.1 Å². The van der Waals surface area contributed by atoms with Crippen molar-refractivity contribution in [2.24, 2.45) is 0 Å². The minimum atomic E-state index is -4.13. The second-order valence-corrected chi connectivity index (χ2v) is 6.23. The van der Waals surface area contributed by atoms with E-state index in [2.05, 4.69) is 4.72 Å². The standard InChI is InChI=1S/C12H14FNO5S/c1-7-10(4-5-19-7)14-20(17,18)11-6-8(12(15)16)2-3-9(11)13/h2-3,6-7,10,14H,4-5H2,1H3,(H,15,16). The summed E-state index contributed by atoms with van der Waals surface area (Å²) in [4.78, 5) is 10.2. The second-order valence-electron chi connectivity index (χ2n) is 4.54. The number of carbonyl (C=O) groups is 1. The molecular formula is C12H14FNO5S. The molecule has 0 amide bonds. The smallest absolute Gasteiger partial charge is 0.335 e. The molecule has 2 unspecified atom stereocenters. The highest BCUT2D eigenvalue weighted by atomic mass is 32.2. The highest BCUT2D eigenvalue weighted by Gasteiger charge is 2.30. The first kappa shape index (κ1) is 14.9. The number of hydrogen-bond donors (Lipinski definition) is 2. The first-order chi connectivity index (χ1) is 9.31. The molecule has 1 aliphatic rings. The van der Waals surface area contributed by atoms with E-state index in [1.807, 2.05) is 0 Å². The van der Waals surface area contributed by atoms with Crippen molar-refractivity contribution in [2.75, 3.05) is 6.61 Å². The second kappa shape index (κ2) is 5.47. The molecule has 2 atom stereocenters. The van der Waals surface area contributed by atoms with Gasteiger partial charge < -0.3 is 9.84 Å². The Bertz CT molecular complexity index is 631. The van der Waals surface area contributed by atoms with Crippen molar-refractivity contribution in [2.45, 2.75) is 30.4 Å². The Kier molecular flexibility index (Phi) is 4.07. The molecule has 1 fully saturated rings. The third-order valence-corrected chi connectivity index (χ3v) is 4.66. The van der Waals surface area contributed by atoms with Crippen molar-refractivity contribution in [3.05, 3.63) is 29.6 Å². The third kappa shape index (κ3) is 2.97. The van der Waals surface area contributed by atoms with E-state index in [1.165, 1.54) is 0 Å². The van der Waals surface area contributed by atoms with Crippen LogP contribution in [0.25, 0.3) is 0 Å². The van der Waals surface area contributed by atoms with Crippen LogP contribution in [0.5, 0.6) is 0 Å².